The van der Waals surface area contributed by atoms with Crippen LogP contribution in [0.5, 0.6) is 0 Å². The fraction of sp³-hybridized carbons (Fsp3) is 0.500. The first-order chi connectivity index (χ1) is 17.7. The summed E-state index contributed by atoms with van der Waals surface area (Å²) >= 11 is 0. The quantitative estimate of drug-likeness (QED) is 0.473. The van der Waals surface area contributed by atoms with Crippen molar-refractivity contribution in [1.29, 1.82) is 0 Å². The Kier molecular flexibility index (Phi) is 6.84. The van der Waals surface area contributed by atoms with Crippen LogP contribution in [0.1, 0.15) is 25.0 Å². The molecule has 3 heterocycles. The summed E-state index contributed by atoms with van der Waals surface area (Å²) in [5.74, 6) is -2.36. The van der Waals surface area contributed by atoms with Gasteiger partial charge >= 0.3 is 0 Å². The molecule has 0 radical (unpaired) electrons. The average molecular weight is 603 g/mol. The number of hydrogen-bond acceptors (Lipinski definition) is 8. The lowest BCUT2D eigenvalue weighted by Gasteiger charge is -2.49. The maximum absolute atomic E-state index is 14.0. The minimum absolute atomic E-state index is 0.0905. The Bertz CT molecular complexity index is 1500. The SMILES string of the molecule is CCc1ccc(S(=O)(=O)N2[C@@H]3CS(=O)(=O)C[C@H]3N(S(=O)(=O)c3ccc(CC)cc3)[C@H]3CS(=O)(=O)C[C@H]32)cc1. The van der Waals surface area contributed by atoms with E-state index in [1.807, 2.05) is 13.8 Å². The zero-order valence-corrected chi connectivity index (χ0v) is 24.2. The van der Waals surface area contributed by atoms with Crippen molar-refractivity contribution in [1.82, 2.24) is 8.61 Å². The molecule has 2 aromatic carbocycles. The van der Waals surface area contributed by atoms with Gasteiger partial charge in [-0.2, -0.15) is 8.61 Å². The minimum atomic E-state index is -4.36. The highest BCUT2D eigenvalue weighted by Crippen LogP contribution is 2.43. The molecule has 2 aromatic rings. The molecule has 0 N–H and O–H groups in total. The summed E-state index contributed by atoms with van der Waals surface area (Å²) in [7, 11) is -16.4. The largest absolute Gasteiger partial charge is 0.243 e. The zero-order chi connectivity index (χ0) is 27.7. The normalized spacial score (nSPS) is 29.1. The number of benzene rings is 2. The van der Waals surface area contributed by atoms with Crippen molar-refractivity contribution >= 4 is 39.7 Å². The Morgan fingerprint density at radius 3 is 1.08 bits per heavy atom. The number of aryl methyl sites for hydroxylation is 2. The van der Waals surface area contributed by atoms with Crippen LogP contribution in [0.15, 0.2) is 58.3 Å². The number of sulfonamides is 2. The van der Waals surface area contributed by atoms with Crippen molar-refractivity contribution in [3.63, 3.8) is 0 Å². The molecule has 14 heteroatoms. The Morgan fingerprint density at radius 1 is 0.579 bits per heavy atom. The molecular weight excluding hydrogens is 573 g/mol. The third kappa shape index (κ3) is 4.62. The van der Waals surface area contributed by atoms with E-state index in [0.29, 0.717) is 12.8 Å². The van der Waals surface area contributed by atoms with Crippen molar-refractivity contribution in [2.24, 2.45) is 0 Å². The first-order valence-electron chi connectivity index (χ1n) is 12.4. The summed E-state index contributed by atoms with van der Waals surface area (Å²) in [6.45, 7) is 3.84. The predicted octanol–water partition coefficient (Wildman–Crippen LogP) is 0.838. The van der Waals surface area contributed by atoms with Crippen LogP contribution in [0, 0.1) is 0 Å². The van der Waals surface area contributed by atoms with E-state index in [1.165, 1.54) is 24.3 Å². The van der Waals surface area contributed by atoms with Gasteiger partial charge < -0.3 is 0 Å². The first kappa shape index (κ1) is 27.7. The van der Waals surface area contributed by atoms with E-state index in [2.05, 4.69) is 0 Å². The number of sulfone groups is 2. The maximum Gasteiger partial charge on any atom is 0.243 e. The molecule has 0 aliphatic carbocycles. The lowest BCUT2D eigenvalue weighted by molar-refractivity contribution is 0.0841. The van der Waals surface area contributed by atoms with Crippen molar-refractivity contribution < 1.29 is 33.7 Å². The van der Waals surface area contributed by atoms with E-state index < -0.39 is 86.9 Å². The summed E-state index contributed by atoms with van der Waals surface area (Å²) in [5.41, 5.74) is 1.80. The fourth-order valence-corrected chi connectivity index (χ4v) is 13.8. The van der Waals surface area contributed by atoms with Gasteiger partial charge in [0.25, 0.3) is 0 Å². The number of nitrogens with zero attached hydrogens (tertiary/aromatic N) is 2. The van der Waals surface area contributed by atoms with Crippen LogP contribution in [0.4, 0.5) is 0 Å². The maximum atomic E-state index is 14.0. The molecule has 3 fully saturated rings. The summed E-state index contributed by atoms with van der Waals surface area (Å²) < 4.78 is 109. The smallest absolute Gasteiger partial charge is 0.229 e. The van der Waals surface area contributed by atoms with Crippen molar-refractivity contribution in [2.75, 3.05) is 23.0 Å². The molecule has 0 amide bonds. The van der Waals surface area contributed by atoms with Crippen molar-refractivity contribution in [2.45, 2.75) is 60.6 Å². The first-order valence-corrected chi connectivity index (χ1v) is 18.9. The van der Waals surface area contributed by atoms with E-state index in [1.54, 1.807) is 24.3 Å². The van der Waals surface area contributed by atoms with Crippen LogP contribution in [-0.4, -0.2) is 89.5 Å². The van der Waals surface area contributed by atoms with E-state index in [9.17, 15) is 33.7 Å². The Hall–Kier alpha value is -1.84. The third-order valence-electron chi connectivity index (χ3n) is 7.71. The second kappa shape index (κ2) is 9.37. The molecule has 5 rings (SSSR count). The average Bonchev–Trinajstić information content (AvgIpc) is 3.34. The zero-order valence-electron chi connectivity index (χ0n) is 21.0. The molecule has 0 unspecified atom stereocenters. The van der Waals surface area contributed by atoms with E-state index in [4.69, 9.17) is 0 Å². The van der Waals surface area contributed by atoms with Crippen LogP contribution in [0.3, 0.4) is 0 Å². The van der Waals surface area contributed by atoms with Gasteiger partial charge in [0.2, 0.25) is 20.0 Å². The van der Waals surface area contributed by atoms with Gasteiger partial charge in [0.15, 0.2) is 19.7 Å². The molecule has 0 spiro atoms. The highest BCUT2D eigenvalue weighted by atomic mass is 32.2. The lowest BCUT2D eigenvalue weighted by atomic mass is 10.0. The molecule has 3 aliphatic heterocycles. The monoisotopic (exact) mass is 602 g/mol. The van der Waals surface area contributed by atoms with Crippen LogP contribution in [-0.2, 0) is 52.6 Å². The topological polar surface area (TPSA) is 143 Å². The van der Waals surface area contributed by atoms with Gasteiger partial charge in [0.1, 0.15) is 0 Å². The highest BCUT2D eigenvalue weighted by Gasteiger charge is 2.63. The van der Waals surface area contributed by atoms with Gasteiger partial charge in [-0.15, -0.1) is 0 Å². The minimum Gasteiger partial charge on any atom is -0.229 e. The Balaban J connectivity index is 1.67. The molecule has 208 valence electrons. The van der Waals surface area contributed by atoms with Crippen molar-refractivity contribution in [3.05, 3.63) is 59.7 Å². The third-order valence-corrected chi connectivity index (χ3v) is 15.0. The molecule has 0 saturated carbocycles. The van der Waals surface area contributed by atoms with Gasteiger partial charge in [-0.05, 0) is 48.2 Å². The molecule has 3 aliphatic rings. The number of hydrogen-bond donors (Lipinski definition) is 0. The molecule has 0 aromatic heterocycles. The summed E-state index contributed by atoms with van der Waals surface area (Å²) in [5, 5.41) is 0. The van der Waals surface area contributed by atoms with E-state index in [0.717, 1.165) is 19.7 Å². The van der Waals surface area contributed by atoms with Crippen LogP contribution < -0.4 is 0 Å². The summed E-state index contributed by atoms with van der Waals surface area (Å²) in [4.78, 5) is -0.181. The molecule has 3 saturated heterocycles. The van der Waals surface area contributed by atoms with Crippen LogP contribution >= 0.6 is 0 Å². The Morgan fingerprint density at radius 2 is 0.842 bits per heavy atom. The van der Waals surface area contributed by atoms with Gasteiger partial charge in [-0.25, -0.2) is 33.7 Å². The molecular formula is C24H30N2O8S4. The molecule has 10 nitrogen and oxygen atoms in total. The predicted molar refractivity (Wildman–Crippen MR) is 142 cm³/mol. The van der Waals surface area contributed by atoms with E-state index >= 15 is 0 Å². The van der Waals surface area contributed by atoms with E-state index in [-0.39, 0.29) is 9.79 Å². The highest BCUT2D eigenvalue weighted by molar-refractivity contribution is 7.93. The van der Waals surface area contributed by atoms with Gasteiger partial charge in [-0.1, -0.05) is 38.1 Å². The number of piperazine rings is 1. The fourth-order valence-electron chi connectivity index (χ4n) is 5.84. The van der Waals surface area contributed by atoms with Crippen molar-refractivity contribution in [3.8, 4) is 0 Å². The summed E-state index contributed by atoms with van der Waals surface area (Å²) in [6.07, 6.45) is 1.37. The number of fused-ring (bicyclic) bond motifs is 2. The second-order valence-electron chi connectivity index (χ2n) is 10.1. The van der Waals surface area contributed by atoms with Gasteiger partial charge in [0.05, 0.1) is 57.0 Å². The number of rotatable bonds is 6. The van der Waals surface area contributed by atoms with Gasteiger partial charge in [-0.3, -0.25) is 0 Å². The lowest BCUT2D eigenvalue weighted by Crippen LogP contribution is -2.69. The van der Waals surface area contributed by atoms with Crippen LogP contribution in [0.25, 0.3) is 0 Å². The molecule has 0 bridgehead atoms. The molecule has 4 atom stereocenters. The summed E-state index contributed by atoms with van der Waals surface area (Å²) in [6, 6.07) is 7.27. The second-order valence-corrected chi connectivity index (χ2v) is 18.1. The standard InChI is InChI=1S/C24H30N2O8S4/c1-3-17-5-9-19(10-6-17)37(31,32)25-21-13-35(27,28)15-23(21)26(24-16-36(29,30)14-22(24)25)38(33,34)20-11-7-18(4-2)8-12-20/h5-12,21-24H,3-4,13-16H2,1-2H3/t21-,22-,23-,24+/m1/s1. The van der Waals surface area contributed by atoms with Crippen LogP contribution in [0.2, 0.25) is 0 Å². The van der Waals surface area contributed by atoms with Gasteiger partial charge in [0, 0.05) is 0 Å². The molecule has 38 heavy (non-hydrogen) atoms. The Labute approximate surface area is 224 Å².